The van der Waals surface area contributed by atoms with Crippen molar-refractivity contribution in [1.29, 1.82) is 0 Å². The molecule has 0 bridgehead atoms. The molecular weight excluding hydrogens is 352 g/mol. The van der Waals surface area contributed by atoms with Crippen LogP contribution >= 0.6 is 0 Å². The van der Waals surface area contributed by atoms with Gasteiger partial charge in [0.25, 0.3) is 0 Å². The van der Waals surface area contributed by atoms with Gasteiger partial charge in [-0.2, -0.15) is 0 Å². The van der Waals surface area contributed by atoms with Gasteiger partial charge in [-0.15, -0.1) is 0 Å². The highest BCUT2D eigenvalue weighted by Crippen LogP contribution is 2.21. The Morgan fingerprint density at radius 1 is 0.821 bits per heavy atom. The summed E-state index contributed by atoms with van der Waals surface area (Å²) in [4.78, 5) is 22.9. The van der Waals surface area contributed by atoms with E-state index >= 15 is 0 Å². The number of ether oxygens (including phenoxy) is 2. The van der Waals surface area contributed by atoms with E-state index < -0.39 is 0 Å². The van der Waals surface area contributed by atoms with E-state index in [-0.39, 0.29) is 17.9 Å². The summed E-state index contributed by atoms with van der Waals surface area (Å²) in [6.45, 7) is 9.62. The second kappa shape index (κ2) is 10.5. The van der Waals surface area contributed by atoms with Gasteiger partial charge >= 0.3 is 11.9 Å². The number of carbonyl (C=O) groups excluding carboxylic acids is 2. The fraction of sp³-hybridized carbons (Fsp3) is 0.333. The summed E-state index contributed by atoms with van der Waals surface area (Å²) in [5, 5.41) is 0. The molecule has 0 N–H and O–H groups in total. The van der Waals surface area contributed by atoms with Crippen LogP contribution in [0.5, 0.6) is 0 Å². The van der Waals surface area contributed by atoms with Crippen molar-refractivity contribution >= 4 is 11.9 Å². The molecule has 0 aliphatic rings. The van der Waals surface area contributed by atoms with Crippen LogP contribution in [0.1, 0.15) is 31.9 Å². The molecule has 0 radical (unpaired) electrons. The van der Waals surface area contributed by atoms with Crippen LogP contribution in [0, 0.1) is 5.92 Å². The molecule has 0 saturated heterocycles. The molecule has 4 heteroatoms. The quantitative estimate of drug-likeness (QED) is 0.465. The fourth-order valence-electron chi connectivity index (χ4n) is 2.55. The average Bonchev–Trinajstić information content (AvgIpc) is 2.68. The minimum Gasteiger partial charge on any atom is -0.465 e. The van der Waals surface area contributed by atoms with E-state index in [9.17, 15) is 9.59 Å². The number of carbonyl (C=O) groups is 2. The topological polar surface area (TPSA) is 52.6 Å². The minimum absolute atomic E-state index is 0.0940. The molecule has 148 valence electrons. The van der Waals surface area contributed by atoms with E-state index in [0.717, 1.165) is 22.3 Å². The molecule has 0 aromatic heterocycles. The lowest BCUT2D eigenvalue weighted by Crippen LogP contribution is -2.13. The maximum Gasteiger partial charge on any atom is 0.333 e. The summed E-state index contributed by atoms with van der Waals surface area (Å²) >= 11 is 0. The zero-order chi connectivity index (χ0) is 20.5. The standard InChI is InChI=1S/C24H28O4/c1-17(2)23(25)27-15-13-19-5-9-21(10-6-19)22-11-7-20(8-12-22)14-16-28-24(26)18(3)4/h5-12,18H,1,13-16H2,2-4H3. The molecule has 0 saturated carbocycles. The Hall–Kier alpha value is -2.88. The van der Waals surface area contributed by atoms with Crippen molar-refractivity contribution in [2.75, 3.05) is 13.2 Å². The fourth-order valence-corrected chi connectivity index (χ4v) is 2.55. The first-order valence-corrected chi connectivity index (χ1v) is 9.54. The van der Waals surface area contributed by atoms with Crippen LogP contribution in [0.3, 0.4) is 0 Å². The van der Waals surface area contributed by atoms with Gasteiger partial charge in [0.2, 0.25) is 0 Å². The molecule has 0 fully saturated rings. The van der Waals surface area contributed by atoms with Gasteiger partial charge in [0.15, 0.2) is 0 Å². The molecule has 28 heavy (non-hydrogen) atoms. The van der Waals surface area contributed by atoms with Crippen LogP contribution in [-0.2, 0) is 31.9 Å². The van der Waals surface area contributed by atoms with Crippen molar-refractivity contribution in [3.63, 3.8) is 0 Å². The first kappa shape index (κ1) is 21.4. The van der Waals surface area contributed by atoms with E-state index in [0.29, 0.717) is 31.6 Å². The monoisotopic (exact) mass is 380 g/mol. The van der Waals surface area contributed by atoms with Gasteiger partial charge < -0.3 is 9.47 Å². The molecule has 2 aromatic rings. The first-order valence-electron chi connectivity index (χ1n) is 9.54. The summed E-state index contributed by atoms with van der Waals surface area (Å²) in [7, 11) is 0. The average molecular weight is 380 g/mol. The molecule has 2 rings (SSSR count). The molecule has 0 spiro atoms. The van der Waals surface area contributed by atoms with Gasteiger partial charge in [-0.3, -0.25) is 4.79 Å². The summed E-state index contributed by atoms with van der Waals surface area (Å²) in [5.41, 5.74) is 4.92. The normalized spacial score (nSPS) is 10.6. The highest BCUT2D eigenvalue weighted by molar-refractivity contribution is 5.86. The maximum absolute atomic E-state index is 11.5. The molecule has 0 atom stereocenters. The molecule has 0 amide bonds. The van der Waals surface area contributed by atoms with Gasteiger partial charge in [-0.1, -0.05) is 69.0 Å². The van der Waals surface area contributed by atoms with Crippen molar-refractivity contribution in [3.8, 4) is 11.1 Å². The van der Waals surface area contributed by atoms with E-state index in [2.05, 4.69) is 43.0 Å². The van der Waals surface area contributed by atoms with Crippen LogP contribution in [-0.4, -0.2) is 25.2 Å². The van der Waals surface area contributed by atoms with E-state index in [1.54, 1.807) is 6.92 Å². The first-order chi connectivity index (χ1) is 13.4. The van der Waals surface area contributed by atoms with Gasteiger partial charge in [0.1, 0.15) is 0 Å². The summed E-state index contributed by atoms with van der Waals surface area (Å²) < 4.78 is 10.3. The lowest BCUT2D eigenvalue weighted by atomic mass is 10.0. The van der Waals surface area contributed by atoms with Gasteiger partial charge in [-0.05, 0) is 29.2 Å². The van der Waals surface area contributed by atoms with Crippen LogP contribution < -0.4 is 0 Å². The lowest BCUT2D eigenvalue weighted by molar-refractivity contribution is -0.147. The smallest absolute Gasteiger partial charge is 0.333 e. The summed E-state index contributed by atoms with van der Waals surface area (Å²) in [6.07, 6.45) is 1.38. The second-order valence-electron chi connectivity index (χ2n) is 7.13. The van der Waals surface area contributed by atoms with E-state index in [4.69, 9.17) is 9.47 Å². The summed E-state index contributed by atoms with van der Waals surface area (Å²) in [6, 6.07) is 16.5. The highest BCUT2D eigenvalue weighted by atomic mass is 16.5. The number of rotatable bonds is 9. The zero-order valence-corrected chi connectivity index (χ0v) is 16.9. The second-order valence-corrected chi connectivity index (χ2v) is 7.13. The van der Waals surface area contributed by atoms with Crippen molar-refractivity contribution in [2.24, 2.45) is 5.92 Å². The Kier molecular flexibility index (Phi) is 8.00. The van der Waals surface area contributed by atoms with Crippen molar-refractivity contribution < 1.29 is 19.1 Å². The third kappa shape index (κ3) is 6.69. The molecular formula is C24H28O4. The predicted molar refractivity (Wildman–Crippen MR) is 111 cm³/mol. The van der Waals surface area contributed by atoms with Crippen LogP contribution in [0.15, 0.2) is 60.7 Å². The Morgan fingerprint density at radius 2 is 1.25 bits per heavy atom. The Labute approximate surface area is 167 Å². The Bertz CT molecular complexity index is 802. The minimum atomic E-state index is -0.351. The van der Waals surface area contributed by atoms with Crippen molar-refractivity contribution in [3.05, 3.63) is 71.8 Å². The molecule has 0 aliphatic carbocycles. The maximum atomic E-state index is 11.5. The van der Waals surface area contributed by atoms with E-state index in [1.807, 2.05) is 26.0 Å². The van der Waals surface area contributed by atoms with Crippen molar-refractivity contribution in [1.82, 2.24) is 0 Å². The molecule has 4 nitrogen and oxygen atoms in total. The number of hydrogen-bond acceptors (Lipinski definition) is 4. The molecule has 2 aromatic carbocycles. The van der Waals surface area contributed by atoms with Crippen LogP contribution in [0.2, 0.25) is 0 Å². The third-order valence-electron chi connectivity index (χ3n) is 4.32. The van der Waals surface area contributed by atoms with Gasteiger partial charge in [-0.25, -0.2) is 4.79 Å². The summed E-state index contributed by atoms with van der Waals surface area (Å²) in [5.74, 6) is -0.606. The largest absolute Gasteiger partial charge is 0.465 e. The van der Waals surface area contributed by atoms with Crippen LogP contribution in [0.4, 0.5) is 0 Å². The number of hydrogen-bond donors (Lipinski definition) is 0. The SMILES string of the molecule is C=C(C)C(=O)OCCc1ccc(-c2ccc(CCOC(=O)C(C)C)cc2)cc1. The highest BCUT2D eigenvalue weighted by Gasteiger charge is 2.08. The lowest BCUT2D eigenvalue weighted by Gasteiger charge is -2.08. The zero-order valence-electron chi connectivity index (χ0n) is 16.9. The van der Waals surface area contributed by atoms with E-state index in [1.165, 1.54) is 0 Å². The van der Waals surface area contributed by atoms with Gasteiger partial charge in [0, 0.05) is 18.4 Å². The molecule has 0 aliphatic heterocycles. The Morgan fingerprint density at radius 3 is 1.64 bits per heavy atom. The number of esters is 2. The molecule has 0 heterocycles. The third-order valence-corrected chi connectivity index (χ3v) is 4.32. The van der Waals surface area contributed by atoms with Gasteiger partial charge in [0.05, 0.1) is 19.1 Å². The van der Waals surface area contributed by atoms with Crippen LogP contribution in [0.25, 0.3) is 11.1 Å². The predicted octanol–water partition coefficient (Wildman–Crippen LogP) is 4.76. The Balaban J connectivity index is 1.85. The van der Waals surface area contributed by atoms with Crippen molar-refractivity contribution in [2.45, 2.75) is 33.6 Å². The number of benzene rings is 2. The molecule has 0 unspecified atom stereocenters.